The van der Waals surface area contributed by atoms with E-state index in [1.807, 2.05) is 12.1 Å². The summed E-state index contributed by atoms with van der Waals surface area (Å²) in [5.74, 6) is 1.00. The van der Waals surface area contributed by atoms with Gasteiger partial charge in [-0.3, -0.25) is 0 Å². The van der Waals surface area contributed by atoms with Gasteiger partial charge < -0.3 is 10.6 Å². The Kier molecular flexibility index (Phi) is 3.85. The molecule has 2 N–H and O–H groups in total. The molecule has 0 spiro atoms. The van der Waals surface area contributed by atoms with Gasteiger partial charge in [-0.15, -0.1) is 0 Å². The minimum Gasteiger partial charge on any atom is -0.389 e. The van der Waals surface area contributed by atoms with Crippen LogP contribution < -0.4 is 10.6 Å². The molecule has 0 unspecified atom stereocenters. The van der Waals surface area contributed by atoms with Crippen molar-refractivity contribution in [3.05, 3.63) is 23.9 Å². The smallest absolute Gasteiger partial charge is 0.129 e. The summed E-state index contributed by atoms with van der Waals surface area (Å²) in [6, 6.07) is 3.87. The average molecular weight is 263 g/mol. The molecule has 0 aromatic carbocycles. The lowest BCUT2D eigenvalue weighted by Gasteiger charge is -2.26. The number of pyridine rings is 1. The van der Waals surface area contributed by atoms with E-state index in [1.165, 1.54) is 19.3 Å². The highest BCUT2D eigenvalue weighted by Gasteiger charge is 2.35. The molecule has 1 aliphatic rings. The van der Waals surface area contributed by atoms with Gasteiger partial charge in [-0.25, -0.2) is 4.98 Å². The Hall–Kier alpha value is -1.16. The van der Waals surface area contributed by atoms with Gasteiger partial charge in [0.05, 0.1) is 0 Å². The van der Waals surface area contributed by atoms with Crippen LogP contribution in [-0.2, 0) is 0 Å². The van der Waals surface area contributed by atoms with Crippen molar-refractivity contribution in [3.8, 4) is 0 Å². The number of nitrogens with two attached hydrogens (primary N) is 1. The first-order valence-corrected chi connectivity index (χ1v) is 7.02. The van der Waals surface area contributed by atoms with E-state index in [4.69, 9.17) is 18.0 Å². The molecule has 2 heterocycles. The predicted octanol–water partition coefficient (Wildman–Crippen LogP) is 2.73. The quantitative estimate of drug-likeness (QED) is 0.848. The maximum atomic E-state index is 5.67. The topological polar surface area (TPSA) is 42.1 Å². The fourth-order valence-corrected chi connectivity index (χ4v) is 2.83. The van der Waals surface area contributed by atoms with E-state index in [0.717, 1.165) is 24.5 Å². The van der Waals surface area contributed by atoms with Crippen LogP contribution in [0.1, 0.15) is 38.7 Å². The van der Waals surface area contributed by atoms with Gasteiger partial charge in [-0.1, -0.05) is 26.1 Å². The summed E-state index contributed by atoms with van der Waals surface area (Å²) in [5, 5.41) is 0. The van der Waals surface area contributed by atoms with Crippen molar-refractivity contribution < 1.29 is 0 Å². The molecule has 1 saturated heterocycles. The van der Waals surface area contributed by atoms with Crippen LogP contribution in [0.2, 0.25) is 0 Å². The van der Waals surface area contributed by atoms with Gasteiger partial charge in [0.25, 0.3) is 0 Å². The Balaban J connectivity index is 2.19. The number of rotatable bonds is 4. The van der Waals surface area contributed by atoms with E-state index in [9.17, 15) is 0 Å². The maximum absolute atomic E-state index is 5.67. The van der Waals surface area contributed by atoms with Gasteiger partial charge >= 0.3 is 0 Å². The van der Waals surface area contributed by atoms with Crippen LogP contribution in [0.4, 0.5) is 5.82 Å². The lowest BCUT2D eigenvalue weighted by atomic mass is 9.82. The summed E-state index contributed by atoms with van der Waals surface area (Å²) in [7, 11) is 0. The molecule has 0 saturated carbocycles. The lowest BCUT2D eigenvalue weighted by Crippen LogP contribution is -2.27. The van der Waals surface area contributed by atoms with Gasteiger partial charge in [0, 0.05) is 24.8 Å². The zero-order valence-electron chi connectivity index (χ0n) is 11.1. The summed E-state index contributed by atoms with van der Waals surface area (Å²) in [6.45, 7) is 6.74. The molecule has 1 aliphatic heterocycles. The number of aromatic nitrogens is 1. The second-order valence-corrected chi connectivity index (χ2v) is 5.59. The van der Waals surface area contributed by atoms with Crippen molar-refractivity contribution in [2.75, 3.05) is 18.0 Å². The highest BCUT2D eigenvalue weighted by atomic mass is 32.1. The number of thiocarbonyl (C=S) groups is 1. The predicted molar refractivity (Wildman–Crippen MR) is 80.0 cm³/mol. The van der Waals surface area contributed by atoms with Crippen molar-refractivity contribution in [2.45, 2.75) is 33.1 Å². The zero-order chi connectivity index (χ0) is 13.2. The van der Waals surface area contributed by atoms with Gasteiger partial charge in [0.15, 0.2) is 0 Å². The summed E-state index contributed by atoms with van der Waals surface area (Å²) in [5.41, 5.74) is 7.03. The first kappa shape index (κ1) is 13.3. The summed E-state index contributed by atoms with van der Waals surface area (Å²) < 4.78 is 0. The van der Waals surface area contributed by atoms with Crippen LogP contribution in [0.3, 0.4) is 0 Å². The fourth-order valence-electron chi connectivity index (χ4n) is 2.70. The molecular weight excluding hydrogens is 242 g/mol. The van der Waals surface area contributed by atoms with Gasteiger partial charge in [0.1, 0.15) is 10.8 Å². The minimum atomic E-state index is 0.440. The highest BCUT2D eigenvalue weighted by molar-refractivity contribution is 7.80. The van der Waals surface area contributed by atoms with Crippen LogP contribution in [0.15, 0.2) is 18.3 Å². The van der Waals surface area contributed by atoms with Crippen molar-refractivity contribution in [3.63, 3.8) is 0 Å². The largest absolute Gasteiger partial charge is 0.389 e. The minimum absolute atomic E-state index is 0.440. The Morgan fingerprint density at radius 3 is 2.78 bits per heavy atom. The molecular formula is C14H21N3S. The molecule has 4 heteroatoms. The molecule has 0 amide bonds. The Labute approximate surface area is 114 Å². The maximum Gasteiger partial charge on any atom is 0.129 e. The molecule has 2 rings (SSSR count). The molecule has 1 aromatic heterocycles. The van der Waals surface area contributed by atoms with Crippen LogP contribution in [0, 0.1) is 5.41 Å². The standard InChI is InChI=1S/C14H21N3S/c1-3-14(4-2)6-8-17(10-14)12-9-11(13(15)18)5-7-16-12/h5,7,9H,3-4,6,8,10H2,1-2H3,(H2,15,18). The Bertz CT molecular complexity index is 440. The Morgan fingerprint density at radius 2 is 2.22 bits per heavy atom. The van der Waals surface area contributed by atoms with E-state index in [0.29, 0.717) is 10.4 Å². The van der Waals surface area contributed by atoms with E-state index >= 15 is 0 Å². The molecule has 1 aromatic rings. The van der Waals surface area contributed by atoms with Crippen LogP contribution in [0.25, 0.3) is 0 Å². The molecule has 0 atom stereocenters. The highest BCUT2D eigenvalue weighted by Crippen LogP contribution is 2.38. The van der Waals surface area contributed by atoms with E-state index in [1.54, 1.807) is 6.20 Å². The molecule has 18 heavy (non-hydrogen) atoms. The molecule has 0 radical (unpaired) electrons. The van der Waals surface area contributed by atoms with Crippen LogP contribution >= 0.6 is 12.2 Å². The van der Waals surface area contributed by atoms with Gasteiger partial charge in [-0.05, 0) is 36.8 Å². The monoisotopic (exact) mass is 263 g/mol. The summed E-state index contributed by atoms with van der Waals surface area (Å²) in [6.07, 6.45) is 5.50. The molecule has 0 aliphatic carbocycles. The van der Waals surface area contributed by atoms with E-state index in [2.05, 4.69) is 23.7 Å². The fraction of sp³-hybridized carbons (Fsp3) is 0.571. The number of anilines is 1. The third-order valence-corrected chi connectivity index (χ3v) is 4.53. The van der Waals surface area contributed by atoms with Crippen molar-refractivity contribution in [1.82, 2.24) is 4.98 Å². The van der Waals surface area contributed by atoms with E-state index in [-0.39, 0.29) is 0 Å². The molecule has 3 nitrogen and oxygen atoms in total. The summed E-state index contributed by atoms with van der Waals surface area (Å²) >= 11 is 5.02. The number of hydrogen-bond acceptors (Lipinski definition) is 3. The number of nitrogens with zero attached hydrogens (tertiary/aromatic N) is 2. The molecule has 98 valence electrons. The summed E-state index contributed by atoms with van der Waals surface area (Å²) in [4.78, 5) is 7.24. The Morgan fingerprint density at radius 1 is 1.50 bits per heavy atom. The van der Waals surface area contributed by atoms with Crippen molar-refractivity contribution >= 4 is 23.0 Å². The van der Waals surface area contributed by atoms with Crippen molar-refractivity contribution in [1.29, 1.82) is 0 Å². The van der Waals surface area contributed by atoms with Gasteiger partial charge in [-0.2, -0.15) is 0 Å². The van der Waals surface area contributed by atoms with Crippen LogP contribution in [-0.4, -0.2) is 23.1 Å². The van der Waals surface area contributed by atoms with Crippen LogP contribution in [0.5, 0.6) is 0 Å². The average Bonchev–Trinajstić information content (AvgIpc) is 2.84. The first-order chi connectivity index (χ1) is 8.60. The van der Waals surface area contributed by atoms with E-state index < -0.39 is 0 Å². The first-order valence-electron chi connectivity index (χ1n) is 6.61. The molecule has 1 fully saturated rings. The number of hydrogen-bond donors (Lipinski definition) is 1. The second-order valence-electron chi connectivity index (χ2n) is 5.15. The lowest BCUT2D eigenvalue weighted by molar-refractivity contribution is 0.301. The normalized spacial score (nSPS) is 18.0. The SMILES string of the molecule is CCC1(CC)CCN(c2cc(C(N)=S)ccn2)C1. The second kappa shape index (κ2) is 5.22. The third-order valence-electron chi connectivity index (χ3n) is 4.29. The third kappa shape index (κ3) is 2.48. The molecule has 0 bridgehead atoms. The van der Waals surface area contributed by atoms with Crippen molar-refractivity contribution in [2.24, 2.45) is 11.1 Å². The zero-order valence-corrected chi connectivity index (χ0v) is 12.0. The van der Waals surface area contributed by atoms with Gasteiger partial charge in [0.2, 0.25) is 0 Å².